The zero-order valence-corrected chi connectivity index (χ0v) is 13.5. The van der Waals surface area contributed by atoms with Crippen molar-refractivity contribution in [2.75, 3.05) is 13.6 Å². The van der Waals surface area contributed by atoms with Gasteiger partial charge in [0.2, 0.25) is 0 Å². The van der Waals surface area contributed by atoms with Crippen LogP contribution in [-0.2, 0) is 12.3 Å². The first kappa shape index (κ1) is 15.9. The monoisotopic (exact) mass is 288 g/mol. The van der Waals surface area contributed by atoms with Crippen LogP contribution in [0.5, 0.6) is 0 Å². The molecule has 0 aromatic carbocycles. The largest absolute Gasteiger partial charge is 0.304 e. The number of thiazole rings is 1. The smallest absolute Gasteiger partial charge is 0.0929 e. The molecule has 104 valence electrons. The maximum atomic E-state index is 5.75. The Morgan fingerprint density at radius 2 is 2.11 bits per heavy atom. The van der Waals surface area contributed by atoms with E-state index in [-0.39, 0.29) is 0 Å². The lowest BCUT2D eigenvalue weighted by atomic mass is 10.0. The van der Waals surface area contributed by atoms with E-state index in [2.05, 4.69) is 43.1 Å². The summed E-state index contributed by atoms with van der Waals surface area (Å²) in [5, 5.41) is 3.28. The number of nitrogens with zero attached hydrogens (tertiary/aromatic N) is 2. The molecule has 1 heterocycles. The molecule has 2 nitrogen and oxygen atoms in total. The average molecular weight is 289 g/mol. The minimum Gasteiger partial charge on any atom is -0.304 e. The molecule has 18 heavy (non-hydrogen) atoms. The maximum absolute atomic E-state index is 5.75. The van der Waals surface area contributed by atoms with E-state index in [9.17, 15) is 0 Å². The van der Waals surface area contributed by atoms with Crippen LogP contribution in [0.4, 0.5) is 0 Å². The van der Waals surface area contributed by atoms with E-state index in [1.807, 2.05) is 0 Å². The van der Waals surface area contributed by atoms with Gasteiger partial charge in [-0.25, -0.2) is 4.98 Å². The van der Waals surface area contributed by atoms with E-state index in [1.165, 1.54) is 17.8 Å². The Bertz CT molecular complexity index is 338. The molecule has 0 N–H and O–H groups in total. The second-order valence-electron chi connectivity index (χ2n) is 5.43. The van der Waals surface area contributed by atoms with Crippen LogP contribution in [0.1, 0.15) is 44.3 Å². The van der Waals surface area contributed by atoms with Crippen LogP contribution >= 0.6 is 22.9 Å². The van der Waals surface area contributed by atoms with Gasteiger partial charge in [-0.15, -0.1) is 22.9 Å². The second kappa shape index (κ2) is 8.13. The molecule has 0 spiro atoms. The molecule has 1 atom stereocenters. The molecule has 1 rings (SSSR count). The first-order chi connectivity index (χ1) is 8.52. The Morgan fingerprint density at radius 1 is 1.39 bits per heavy atom. The van der Waals surface area contributed by atoms with Gasteiger partial charge in [-0.1, -0.05) is 13.8 Å². The van der Waals surface area contributed by atoms with Crippen LogP contribution < -0.4 is 0 Å². The standard InChI is InChI=1S/C14H25ClN2S/c1-11(2)8-12(3)17(4)7-5-6-14-16-13(9-15)10-18-14/h10-12H,5-9H2,1-4H3. The molecule has 0 saturated carbocycles. The highest BCUT2D eigenvalue weighted by molar-refractivity contribution is 7.09. The molecular formula is C14H25ClN2S. The van der Waals surface area contributed by atoms with Crippen LogP contribution in [0, 0.1) is 5.92 Å². The van der Waals surface area contributed by atoms with Crippen LogP contribution in [0.2, 0.25) is 0 Å². The molecule has 4 heteroatoms. The summed E-state index contributed by atoms with van der Waals surface area (Å²) in [5.41, 5.74) is 1.01. The topological polar surface area (TPSA) is 16.1 Å². The maximum Gasteiger partial charge on any atom is 0.0929 e. The van der Waals surface area contributed by atoms with Crippen molar-refractivity contribution in [3.05, 3.63) is 16.1 Å². The fraction of sp³-hybridized carbons (Fsp3) is 0.786. The lowest BCUT2D eigenvalue weighted by molar-refractivity contribution is 0.226. The van der Waals surface area contributed by atoms with Gasteiger partial charge in [0, 0.05) is 17.8 Å². The van der Waals surface area contributed by atoms with Gasteiger partial charge in [0.1, 0.15) is 0 Å². The van der Waals surface area contributed by atoms with Crippen molar-refractivity contribution in [1.29, 1.82) is 0 Å². The summed E-state index contributed by atoms with van der Waals surface area (Å²) in [4.78, 5) is 6.94. The third-order valence-corrected chi connectivity index (χ3v) is 4.43. The third-order valence-electron chi connectivity index (χ3n) is 3.20. The fourth-order valence-electron chi connectivity index (χ4n) is 2.09. The van der Waals surface area contributed by atoms with Crippen LogP contribution in [0.15, 0.2) is 5.38 Å². The molecule has 1 aromatic rings. The van der Waals surface area contributed by atoms with Gasteiger partial charge in [-0.05, 0) is 39.3 Å². The van der Waals surface area contributed by atoms with Gasteiger partial charge in [-0.3, -0.25) is 0 Å². The molecule has 1 aromatic heterocycles. The highest BCUT2D eigenvalue weighted by Crippen LogP contribution is 2.14. The van der Waals surface area contributed by atoms with Crippen molar-refractivity contribution < 1.29 is 0 Å². The van der Waals surface area contributed by atoms with Crippen molar-refractivity contribution in [2.45, 2.75) is 52.0 Å². The van der Waals surface area contributed by atoms with Gasteiger partial charge >= 0.3 is 0 Å². The van der Waals surface area contributed by atoms with Crippen LogP contribution in [0.3, 0.4) is 0 Å². The summed E-state index contributed by atoms with van der Waals surface area (Å²) in [6.07, 6.45) is 3.51. The molecule has 0 amide bonds. The van der Waals surface area contributed by atoms with Crippen molar-refractivity contribution in [3.63, 3.8) is 0 Å². The summed E-state index contributed by atoms with van der Waals surface area (Å²) in [6.45, 7) is 8.03. The molecule has 0 fully saturated rings. The molecule has 0 bridgehead atoms. The molecule has 1 unspecified atom stereocenters. The van der Waals surface area contributed by atoms with E-state index in [1.54, 1.807) is 11.3 Å². The van der Waals surface area contributed by atoms with E-state index in [4.69, 9.17) is 11.6 Å². The lowest BCUT2D eigenvalue weighted by Crippen LogP contribution is -2.31. The highest BCUT2D eigenvalue weighted by Gasteiger charge is 2.10. The predicted octanol–water partition coefficient (Wildman–Crippen LogP) is 4.18. The van der Waals surface area contributed by atoms with Gasteiger partial charge < -0.3 is 4.90 Å². The number of aromatic nitrogens is 1. The third kappa shape index (κ3) is 5.68. The summed E-state index contributed by atoms with van der Waals surface area (Å²) in [5.74, 6) is 1.30. The SMILES string of the molecule is CC(C)CC(C)N(C)CCCc1nc(CCl)cs1. The number of rotatable bonds is 8. The van der Waals surface area contributed by atoms with Gasteiger partial charge in [0.15, 0.2) is 0 Å². The predicted molar refractivity (Wildman–Crippen MR) is 81.5 cm³/mol. The number of aryl methyl sites for hydroxylation is 1. The fourth-order valence-corrected chi connectivity index (χ4v) is 3.16. The molecule has 0 radical (unpaired) electrons. The minimum absolute atomic E-state index is 0.530. The van der Waals surface area contributed by atoms with Crippen LogP contribution in [-0.4, -0.2) is 29.5 Å². The summed E-state index contributed by atoms with van der Waals surface area (Å²) in [7, 11) is 2.22. The van der Waals surface area contributed by atoms with Gasteiger partial charge in [0.25, 0.3) is 0 Å². The van der Waals surface area contributed by atoms with Crippen molar-refractivity contribution >= 4 is 22.9 Å². The van der Waals surface area contributed by atoms with E-state index < -0.39 is 0 Å². The lowest BCUT2D eigenvalue weighted by Gasteiger charge is -2.25. The van der Waals surface area contributed by atoms with Crippen LogP contribution in [0.25, 0.3) is 0 Å². The Morgan fingerprint density at radius 3 is 2.67 bits per heavy atom. The Kier molecular flexibility index (Phi) is 7.20. The van der Waals surface area contributed by atoms with Crippen molar-refractivity contribution in [2.24, 2.45) is 5.92 Å². The van der Waals surface area contributed by atoms with Crippen molar-refractivity contribution in [1.82, 2.24) is 9.88 Å². The first-order valence-corrected chi connectivity index (χ1v) is 8.13. The second-order valence-corrected chi connectivity index (χ2v) is 6.64. The van der Waals surface area contributed by atoms with E-state index in [0.29, 0.717) is 11.9 Å². The Labute approximate surface area is 120 Å². The molecule has 0 aliphatic carbocycles. The molecule has 0 saturated heterocycles. The number of halogens is 1. The average Bonchev–Trinajstić information content (AvgIpc) is 2.76. The van der Waals surface area contributed by atoms with E-state index >= 15 is 0 Å². The highest BCUT2D eigenvalue weighted by atomic mass is 35.5. The van der Waals surface area contributed by atoms with Crippen molar-refractivity contribution in [3.8, 4) is 0 Å². The summed E-state index contributed by atoms with van der Waals surface area (Å²) in [6, 6.07) is 0.666. The van der Waals surface area contributed by atoms with Gasteiger partial charge in [-0.2, -0.15) is 0 Å². The summed E-state index contributed by atoms with van der Waals surface area (Å²) < 4.78 is 0. The Balaban J connectivity index is 2.24. The van der Waals surface area contributed by atoms with E-state index in [0.717, 1.165) is 24.6 Å². The number of alkyl halides is 1. The zero-order valence-electron chi connectivity index (χ0n) is 11.9. The first-order valence-electron chi connectivity index (χ1n) is 6.72. The normalized spacial score (nSPS) is 13.5. The molecular weight excluding hydrogens is 264 g/mol. The van der Waals surface area contributed by atoms with Gasteiger partial charge in [0.05, 0.1) is 16.6 Å². The number of hydrogen-bond acceptors (Lipinski definition) is 3. The Hall–Kier alpha value is -0.120. The zero-order chi connectivity index (χ0) is 13.5. The molecule has 0 aliphatic heterocycles. The quantitative estimate of drug-likeness (QED) is 0.667. The minimum atomic E-state index is 0.530. The summed E-state index contributed by atoms with van der Waals surface area (Å²) >= 11 is 7.48. The number of hydrogen-bond donors (Lipinski definition) is 0. The molecule has 0 aliphatic rings.